The Morgan fingerprint density at radius 1 is 1.12 bits per heavy atom. The Hall–Kier alpha value is -0.570. The molecule has 0 radical (unpaired) electrons. The van der Waals surface area contributed by atoms with E-state index in [1.807, 2.05) is 0 Å². The van der Waals surface area contributed by atoms with Gasteiger partial charge in [-0.15, -0.1) is 0 Å². The molecule has 0 saturated heterocycles. The third kappa shape index (κ3) is 8.72. The van der Waals surface area contributed by atoms with Crippen molar-refractivity contribution in [3.63, 3.8) is 0 Å². The fourth-order valence-corrected chi connectivity index (χ4v) is 1.74. The lowest BCUT2D eigenvalue weighted by Gasteiger charge is -2.16. The third-order valence-electron chi connectivity index (χ3n) is 2.60. The van der Waals surface area contributed by atoms with Crippen LogP contribution in [0.2, 0.25) is 0 Å². The Bertz CT molecular complexity index is 165. The summed E-state index contributed by atoms with van der Waals surface area (Å²) in [6.07, 6.45) is 7.74. The van der Waals surface area contributed by atoms with Crippen molar-refractivity contribution >= 4 is 5.97 Å². The Kier molecular flexibility index (Phi) is 10.5. The second-order valence-corrected chi connectivity index (χ2v) is 4.29. The number of esters is 1. The van der Waals surface area contributed by atoms with Gasteiger partial charge in [0.25, 0.3) is 0 Å². The van der Waals surface area contributed by atoms with Crippen LogP contribution in [0.25, 0.3) is 0 Å². The molecule has 0 unspecified atom stereocenters. The topological polar surface area (TPSA) is 52.3 Å². The second kappa shape index (κ2) is 10.9. The summed E-state index contributed by atoms with van der Waals surface area (Å²) in [5, 5.41) is 0. The predicted molar refractivity (Wildman–Crippen MR) is 67.2 cm³/mol. The predicted octanol–water partition coefficient (Wildman–Crippen LogP) is 3.02. The van der Waals surface area contributed by atoms with Crippen LogP contribution >= 0.6 is 0 Å². The molecule has 0 rings (SSSR count). The molecule has 0 aromatic heterocycles. The molecule has 0 aromatic rings. The highest BCUT2D eigenvalue weighted by molar-refractivity contribution is 5.69. The molecule has 0 aliphatic heterocycles. The van der Waals surface area contributed by atoms with Crippen molar-refractivity contribution in [3.8, 4) is 0 Å². The average molecular weight is 229 g/mol. The van der Waals surface area contributed by atoms with Gasteiger partial charge >= 0.3 is 5.97 Å². The molecule has 0 amide bonds. The van der Waals surface area contributed by atoms with Gasteiger partial charge in [-0.1, -0.05) is 33.1 Å². The summed E-state index contributed by atoms with van der Waals surface area (Å²) in [6.45, 7) is 4.96. The number of carbonyl (C=O) groups excluding carboxylic acids is 1. The van der Waals surface area contributed by atoms with Crippen LogP contribution in [0.3, 0.4) is 0 Å². The van der Waals surface area contributed by atoms with E-state index in [1.54, 1.807) is 0 Å². The lowest BCUT2D eigenvalue weighted by atomic mass is 10.1. The molecular weight excluding hydrogens is 202 g/mol. The summed E-state index contributed by atoms with van der Waals surface area (Å²) < 4.78 is 5.44. The molecule has 0 bridgehead atoms. The van der Waals surface area contributed by atoms with Crippen molar-refractivity contribution in [1.82, 2.24) is 0 Å². The Morgan fingerprint density at radius 3 is 2.25 bits per heavy atom. The largest absolute Gasteiger partial charge is 0.462 e. The minimum Gasteiger partial charge on any atom is -0.462 e. The first-order valence-corrected chi connectivity index (χ1v) is 6.64. The first-order chi connectivity index (χ1) is 7.74. The van der Waals surface area contributed by atoms with Crippen LogP contribution in [0.15, 0.2) is 0 Å². The standard InChI is InChI=1S/C13H27NO2/c1-3-8-12(9-4-2)16-13(15)10-6-5-7-11-14/h12H,3-11,14H2,1-2H3. The highest BCUT2D eigenvalue weighted by Gasteiger charge is 2.12. The lowest BCUT2D eigenvalue weighted by molar-refractivity contribution is -0.149. The molecule has 96 valence electrons. The van der Waals surface area contributed by atoms with Crippen molar-refractivity contribution in [3.05, 3.63) is 0 Å². The fraction of sp³-hybridized carbons (Fsp3) is 0.923. The molecule has 0 aliphatic rings. The Morgan fingerprint density at radius 2 is 1.75 bits per heavy atom. The van der Waals surface area contributed by atoms with Crippen LogP contribution in [0, 0.1) is 0 Å². The quantitative estimate of drug-likeness (QED) is 0.463. The van der Waals surface area contributed by atoms with E-state index in [9.17, 15) is 4.79 Å². The molecule has 16 heavy (non-hydrogen) atoms. The van der Waals surface area contributed by atoms with Gasteiger partial charge in [0.05, 0.1) is 0 Å². The zero-order valence-electron chi connectivity index (χ0n) is 10.8. The van der Waals surface area contributed by atoms with E-state index < -0.39 is 0 Å². The van der Waals surface area contributed by atoms with E-state index in [0.717, 1.165) is 44.9 Å². The minimum absolute atomic E-state index is 0.0380. The molecule has 2 N–H and O–H groups in total. The lowest BCUT2D eigenvalue weighted by Crippen LogP contribution is -2.17. The van der Waals surface area contributed by atoms with Gasteiger partial charge in [0.2, 0.25) is 0 Å². The highest BCUT2D eigenvalue weighted by Crippen LogP contribution is 2.11. The molecule has 0 spiro atoms. The Labute approximate surface area is 99.7 Å². The van der Waals surface area contributed by atoms with Gasteiger partial charge in [-0.05, 0) is 32.2 Å². The third-order valence-corrected chi connectivity index (χ3v) is 2.60. The molecule has 3 heteroatoms. The van der Waals surface area contributed by atoms with E-state index in [0.29, 0.717) is 13.0 Å². The van der Waals surface area contributed by atoms with Crippen molar-refractivity contribution in [2.75, 3.05) is 6.54 Å². The number of rotatable bonds is 10. The minimum atomic E-state index is -0.0380. The summed E-state index contributed by atoms with van der Waals surface area (Å²) in [6, 6.07) is 0. The van der Waals surface area contributed by atoms with E-state index in [4.69, 9.17) is 10.5 Å². The second-order valence-electron chi connectivity index (χ2n) is 4.29. The maximum absolute atomic E-state index is 11.5. The molecule has 0 saturated carbocycles. The van der Waals surface area contributed by atoms with Gasteiger partial charge in [-0.3, -0.25) is 4.79 Å². The number of unbranched alkanes of at least 4 members (excludes halogenated alkanes) is 2. The van der Waals surface area contributed by atoms with Crippen LogP contribution in [-0.2, 0) is 9.53 Å². The van der Waals surface area contributed by atoms with Gasteiger partial charge < -0.3 is 10.5 Å². The summed E-state index contributed by atoms with van der Waals surface area (Å²) in [4.78, 5) is 11.5. The molecule has 0 aromatic carbocycles. The smallest absolute Gasteiger partial charge is 0.306 e. The summed E-state index contributed by atoms with van der Waals surface area (Å²) in [5.74, 6) is -0.0380. The molecule has 3 nitrogen and oxygen atoms in total. The maximum atomic E-state index is 11.5. The van der Waals surface area contributed by atoms with E-state index in [-0.39, 0.29) is 12.1 Å². The summed E-state index contributed by atoms with van der Waals surface area (Å²) in [7, 11) is 0. The van der Waals surface area contributed by atoms with Crippen LogP contribution in [0.4, 0.5) is 0 Å². The number of nitrogens with two attached hydrogens (primary N) is 1. The molecule has 0 atom stereocenters. The molecular formula is C13H27NO2. The molecule has 0 fully saturated rings. The normalized spacial score (nSPS) is 10.8. The van der Waals surface area contributed by atoms with Crippen molar-refractivity contribution < 1.29 is 9.53 Å². The average Bonchev–Trinajstić information content (AvgIpc) is 2.25. The van der Waals surface area contributed by atoms with Crippen molar-refractivity contribution in [1.29, 1.82) is 0 Å². The van der Waals surface area contributed by atoms with Crippen LogP contribution in [0.1, 0.15) is 65.2 Å². The fourth-order valence-electron chi connectivity index (χ4n) is 1.74. The van der Waals surface area contributed by atoms with Gasteiger partial charge in [0.15, 0.2) is 0 Å². The first kappa shape index (κ1) is 15.4. The SMILES string of the molecule is CCCC(CCC)OC(=O)CCCCCN. The van der Waals surface area contributed by atoms with Crippen LogP contribution in [-0.4, -0.2) is 18.6 Å². The Balaban J connectivity index is 3.63. The van der Waals surface area contributed by atoms with Gasteiger partial charge in [-0.2, -0.15) is 0 Å². The summed E-state index contributed by atoms with van der Waals surface area (Å²) >= 11 is 0. The molecule has 0 heterocycles. The first-order valence-electron chi connectivity index (χ1n) is 6.64. The zero-order valence-corrected chi connectivity index (χ0v) is 10.8. The van der Waals surface area contributed by atoms with E-state index in [2.05, 4.69) is 13.8 Å². The monoisotopic (exact) mass is 229 g/mol. The zero-order chi connectivity index (χ0) is 12.2. The van der Waals surface area contributed by atoms with Crippen LogP contribution < -0.4 is 5.73 Å². The van der Waals surface area contributed by atoms with Gasteiger partial charge in [0, 0.05) is 6.42 Å². The molecule has 0 aliphatic carbocycles. The van der Waals surface area contributed by atoms with Crippen LogP contribution in [0.5, 0.6) is 0 Å². The van der Waals surface area contributed by atoms with Crippen molar-refractivity contribution in [2.24, 2.45) is 5.73 Å². The van der Waals surface area contributed by atoms with E-state index in [1.165, 1.54) is 0 Å². The van der Waals surface area contributed by atoms with Gasteiger partial charge in [-0.25, -0.2) is 0 Å². The van der Waals surface area contributed by atoms with Gasteiger partial charge in [0.1, 0.15) is 6.10 Å². The van der Waals surface area contributed by atoms with Crippen molar-refractivity contribution in [2.45, 2.75) is 71.3 Å². The summed E-state index contributed by atoms with van der Waals surface area (Å²) in [5.41, 5.74) is 5.39. The number of ether oxygens (including phenoxy) is 1. The highest BCUT2D eigenvalue weighted by atomic mass is 16.5. The van der Waals surface area contributed by atoms with E-state index >= 15 is 0 Å². The number of hydrogen-bond acceptors (Lipinski definition) is 3. The number of carbonyl (C=O) groups is 1. The maximum Gasteiger partial charge on any atom is 0.306 e. The number of hydrogen-bond donors (Lipinski definition) is 1.